The summed E-state index contributed by atoms with van der Waals surface area (Å²) in [6.07, 6.45) is 2.36. The van der Waals surface area contributed by atoms with Gasteiger partial charge in [-0.2, -0.15) is 0 Å². The summed E-state index contributed by atoms with van der Waals surface area (Å²) in [5.74, 6) is 3.49. The molecule has 3 heterocycles. The largest absolute Gasteiger partial charge is 0.486 e. The van der Waals surface area contributed by atoms with Crippen LogP contribution >= 0.6 is 11.8 Å². The fourth-order valence-corrected chi connectivity index (χ4v) is 4.77. The minimum Gasteiger partial charge on any atom is -0.486 e. The molecule has 30 heavy (non-hydrogen) atoms. The Morgan fingerprint density at radius 1 is 1.13 bits per heavy atom. The monoisotopic (exact) mass is 424 g/mol. The van der Waals surface area contributed by atoms with E-state index in [-0.39, 0.29) is 5.78 Å². The summed E-state index contributed by atoms with van der Waals surface area (Å²) in [5.41, 5.74) is 3.63. The van der Waals surface area contributed by atoms with Gasteiger partial charge < -0.3 is 18.6 Å². The predicted octanol–water partition coefficient (Wildman–Crippen LogP) is 3.85. The highest BCUT2D eigenvalue weighted by atomic mass is 32.2. The Morgan fingerprint density at radius 2 is 1.90 bits per heavy atom. The van der Waals surface area contributed by atoms with E-state index in [4.69, 9.17) is 9.47 Å². The average molecular weight is 425 g/mol. The number of ketones is 1. The van der Waals surface area contributed by atoms with E-state index < -0.39 is 0 Å². The lowest BCUT2D eigenvalue weighted by Gasteiger charge is -2.20. The fourth-order valence-electron chi connectivity index (χ4n) is 3.97. The molecule has 0 spiro atoms. The third-order valence-electron chi connectivity index (χ3n) is 5.66. The summed E-state index contributed by atoms with van der Waals surface area (Å²) >= 11 is 1.45. The first-order valence-electron chi connectivity index (χ1n) is 10.2. The minimum absolute atomic E-state index is 0.0906. The van der Waals surface area contributed by atoms with Gasteiger partial charge in [-0.1, -0.05) is 11.8 Å². The molecular formula is C22H24N4O3S. The predicted molar refractivity (Wildman–Crippen MR) is 114 cm³/mol. The van der Waals surface area contributed by atoms with Gasteiger partial charge in [-0.3, -0.25) is 4.79 Å². The number of hydrogen-bond acceptors (Lipinski definition) is 6. The van der Waals surface area contributed by atoms with Crippen LogP contribution in [0.3, 0.4) is 0 Å². The molecule has 0 N–H and O–H groups in total. The third kappa shape index (κ3) is 3.39. The number of thioether (sulfide) groups is 1. The van der Waals surface area contributed by atoms with Crippen molar-refractivity contribution < 1.29 is 14.3 Å². The van der Waals surface area contributed by atoms with Crippen molar-refractivity contribution in [3.63, 3.8) is 0 Å². The molecule has 0 atom stereocenters. The number of Topliss-reactive ketones (excluding diaryl/α,β-unsaturated/α-hetero) is 1. The van der Waals surface area contributed by atoms with E-state index in [0.717, 1.165) is 45.1 Å². The number of benzene rings is 1. The molecule has 1 aliphatic carbocycles. The molecule has 1 aliphatic heterocycles. The van der Waals surface area contributed by atoms with E-state index in [1.807, 2.05) is 49.7 Å². The Hall–Kier alpha value is -2.74. The lowest BCUT2D eigenvalue weighted by Crippen LogP contribution is -2.15. The summed E-state index contributed by atoms with van der Waals surface area (Å²) in [7, 11) is 1.98. The van der Waals surface area contributed by atoms with E-state index in [0.29, 0.717) is 24.9 Å². The van der Waals surface area contributed by atoms with Crippen molar-refractivity contribution in [1.82, 2.24) is 19.3 Å². The lowest BCUT2D eigenvalue weighted by molar-refractivity contribution is 0.102. The third-order valence-corrected chi connectivity index (χ3v) is 6.68. The fraction of sp³-hybridized carbons (Fsp3) is 0.409. The van der Waals surface area contributed by atoms with Crippen LogP contribution in [0.4, 0.5) is 0 Å². The van der Waals surface area contributed by atoms with Crippen molar-refractivity contribution in [3.8, 4) is 17.2 Å². The number of hydrogen-bond donors (Lipinski definition) is 0. The normalized spacial score (nSPS) is 15.4. The molecule has 2 aliphatic rings. The van der Waals surface area contributed by atoms with Gasteiger partial charge in [-0.25, -0.2) is 0 Å². The topological polar surface area (TPSA) is 71.2 Å². The molecule has 8 heteroatoms. The second kappa shape index (κ2) is 7.50. The van der Waals surface area contributed by atoms with Gasteiger partial charge in [0.25, 0.3) is 0 Å². The summed E-state index contributed by atoms with van der Waals surface area (Å²) in [4.78, 5) is 13.0. The number of rotatable bonds is 6. The van der Waals surface area contributed by atoms with E-state index in [1.54, 1.807) is 0 Å². The summed E-state index contributed by atoms with van der Waals surface area (Å²) in [6, 6.07) is 7.85. The highest BCUT2D eigenvalue weighted by Crippen LogP contribution is 2.39. The van der Waals surface area contributed by atoms with Crippen LogP contribution in [0.2, 0.25) is 0 Å². The summed E-state index contributed by atoms with van der Waals surface area (Å²) in [6.45, 7) is 5.11. The molecule has 156 valence electrons. The quantitative estimate of drug-likeness (QED) is 0.442. The van der Waals surface area contributed by atoms with Gasteiger partial charge in [0.2, 0.25) is 0 Å². The zero-order chi connectivity index (χ0) is 20.8. The molecule has 0 unspecified atom stereocenters. The maximum Gasteiger partial charge on any atom is 0.191 e. The second-order valence-electron chi connectivity index (χ2n) is 7.83. The molecule has 0 amide bonds. The van der Waals surface area contributed by atoms with Gasteiger partial charge in [0.1, 0.15) is 19.0 Å². The Labute approximate surface area is 179 Å². The second-order valence-corrected chi connectivity index (χ2v) is 8.78. The molecule has 1 fully saturated rings. The van der Waals surface area contributed by atoms with Crippen molar-refractivity contribution in [2.24, 2.45) is 7.05 Å². The molecule has 3 aromatic rings. The van der Waals surface area contributed by atoms with E-state index in [9.17, 15) is 4.79 Å². The SMILES string of the molecule is Cc1cc(C(=O)CSc2nnc(C3CC3)n2C)c(C)n1-c1ccc2c(c1)OCCO2. The number of aryl methyl sites for hydroxylation is 1. The van der Waals surface area contributed by atoms with Crippen LogP contribution in [0.15, 0.2) is 29.4 Å². The molecular weight excluding hydrogens is 400 g/mol. The number of carbonyl (C=O) groups excluding carboxylic acids is 1. The van der Waals surface area contributed by atoms with Crippen molar-refractivity contribution >= 4 is 17.5 Å². The zero-order valence-corrected chi connectivity index (χ0v) is 18.2. The standard InChI is InChI=1S/C22H24N4O3S/c1-13-10-17(18(27)12-30-22-24-23-21(25(22)3)15-4-5-15)14(2)26(13)16-6-7-19-20(11-16)29-9-8-28-19/h6-7,10-11,15H,4-5,8-9,12H2,1-3H3. The molecule has 2 aromatic heterocycles. The number of ether oxygens (including phenoxy) is 2. The van der Waals surface area contributed by atoms with Gasteiger partial charge >= 0.3 is 0 Å². The van der Waals surface area contributed by atoms with Gasteiger partial charge in [0.15, 0.2) is 22.4 Å². The highest BCUT2D eigenvalue weighted by Gasteiger charge is 2.29. The first-order chi connectivity index (χ1) is 14.5. The van der Waals surface area contributed by atoms with Gasteiger partial charge in [-0.15, -0.1) is 10.2 Å². The smallest absolute Gasteiger partial charge is 0.191 e. The number of carbonyl (C=O) groups is 1. The van der Waals surface area contributed by atoms with Crippen molar-refractivity contribution in [2.75, 3.05) is 19.0 Å². The van der Waals surface area contributed by atoms with Gasteiger partial charge in [0, 0.05) is 41.7 Å². The first kappa shape index (κ1) is 19.2. The van der Waals surface area contributed by atoms with Crippen molar-refractivity contribution in [1.29, 1.82) is 0 Å². The minimum atomic E-state index is 0.0906. The van der Waals surface area contributed by atoms with Crippen LogP contribution in [0, 0.1) is 13.8 Å². The molecule has 0 radical (unpaired) electrons. The molecule has 0 saturated heterocycles. The van der Waals surface area contributed by atoms with Crippen LogP contribution < -0.4 is 9.47 Å². The van der Waals surface area contributed by atoms with Crippen LogP contribution in [-0.2, 0) is 7.05 Å². The molecule has 0 bridgehead atoms. The number of fused-ring (bicyclic) bond motifs is 1. The Bertz CT molecular complexity index is 1130. The molecule has 7 nitrogen and oxygen atoms in total. The summed E-state index contributed by atoms with van der Waals surface area (Å²) < 4.78 is 15.4. The molecule has 5 rings (SSSR count). The molecule has 1 aromatic carbocycles. The van der Waals surface area contributed by atoms with E-state index in [1.165, 1.54) is 24.6 Å². The van der Waals surface area contributed by atoms with Crippen LogP contribution in [0.25, 0.3) is 5.69 Å². The van der Waals surface area contributed by atoms with Crippen molar-refractivity contribution in [2.45, 2.75) is 37.8 Å². The average Bonchev–Trinajstić information content (AvgIpc) is 3.46. The first-order valence-corrected chi connectivity index (χ1v) is 11.2. The van der Waals surface area contributed by atoms with Crippen LogP contribution in [-0.4, -0.2) is 44.1 Å². The van der Waals surface area contributed by atoms with Crippen LogP contribution in [0.5, 0.6) is 11.5 Å². The summed E-state index contributed by atoms with van der Waals surface area (Å²) in [5, 5.41) is 9.36. The van der Waals surface area contributed by atoms with Crippen LogP contribution in [0.1, 0.15) is 46.3 Å². The maximum atomic E-state index is 13.0. The maximum absolute atomic E-state index is 13.0. The Morgan fingerprint density at radius 3 is 2.67 bits per heavy atom. The van der Waals surface area contributed by atoms with E-state index in [2.05, 4.69) is 14.8 Å². The highest BCUT2D eigenvalue weighted by molar-refractivity contribution is 7.99. The van der Waals surface area contributed by atoms with Crippen molar-refractivity contribution in [3.05, 3.63) is 47.0 Å². The van der Waals surface area contributed by atoms with E-state index >= 15 is 0 Å². The van der Waals surface area contributed by atoms with Gasteiger partial charge in [0.05, 0.1) is 5.75 Å². The number of aromatic nitrogens is 4. The number of nitrogens with zero attached hydrogens (tertiary/aromatic N) is 4. The Balaban J connectivity index is 1.36. The zero-order valence-electron chi connectivity index (χ0n) is 17.3. The molecule has 1 saturated carbocycles. The Kier molecular flexibility index (Phi) is 4.81. The van der Waals surface area contributed by atoms with Gasteiger partial charge in [-0.05, 0) is 44.9 Å². The lowest BCUT2D eigenvalue weighted by atomic mass is 10.2.